The maximum absolute atomic E-state index is 13.2. The lowest BCUT2D eigenvalue weighted by Crippen LogP contribution is -2.41. The molecule has 1 aliphatic rings. The molecule has 2 atom stereocenters. The third-order valence-electron chi connectivity index (χ3n) is 18.8. The fourth-order valence-electron chi connectivity index (χ4n) is 11.1. The topological polar surface area (TPSA) is 338 Å². The number of nitrogens with two attached hydrogens (primary N) is 1. The predicted octanol–water partition coefficient (Wildman–Crippen LogP) is 16.0. The molecule has 7 N–H and O–H groups in total. The number of anilines is 1. The molecule has 1 saturated heterocycles. The average molecular weight is 1690 g/mol. The second kappa shape index (κ2) is 41.0. The van der Waals surface area contributed by atoms with Gasteiger partial charge in [-0.1, -0.05) is 73.9 Å². The molecule has 0 amide bonds. The lowest BCUT2D eigenvalue weighted by molar-refractivity contribution is 0.00578. The Labute approximate surface area is 693 Å². The second-order valence-electron chi connectivity index (χ2n) is 27.6. The predicted molar refractivity (Wildman–Crippen MR) is 450 cm³/mol. The molecule has 26 nitrogen and oxygen atoms in total. The minimum Gasteiger partial charge on any atom is -0.398 e. The summed E-state index contributed by atoms with van der Waals surface area (Å²) in [6.07, 6.45) is 14.4. The summed E-state index contributed by atoms with van der Waals surface area (Å²) in [5.74, 6) is 0.182. The lowest BCUT2D eigenvalue weighted by atomic mass is 9.84. The smallest absolute Gasteiger partial charge is 0.398 e. The van der Waals surface area contributed by atoms with Crippen molar-refractivity contribution in [2.75, 3.05) is 5.32 Å². The molecule has 12 heterocycles. The van der Waals surface area contributed by atoms with E-state index in [1.165, 1.54) is 24.3 Å². The number of imidazole rings is 4. The van der Waals surface area contributed by atoms with Gasteiger partial charge in [0.05, 0.1) is 154 Å². The standard InChI is InChI=1S/C24H25FN6O.C16H22BN3O3.C16H16ClN5O.C10H10BrN3O.C8H10FN.C6H6Cl2N2.2CH4/c1-14-11-31(13-26-14)22-10-9-20(28-21(22)12-32)23-15(2)16(3)24(30-29-23)27-17(4)18-5-7-19(25)8-6-18;1-11-8-20(10-18-11)13-6-7-14(19-12(13)9-21)17-22-15(2,3)16(4,5)23-17;1-9-6-22(8-18-9)14-5-4-12(19-13(14)7-23)15-10(2)11(3)16(17)21-20-15;1-7-4-14(6-12-7)9-2-3-10(11)13-8(9)5-15;1-6(10)7-2-4-8(9)5-3-7;1-3-4(2)6(8)10-9-5(3)7;;/h5-11,13,17,32H,12H2,1-4H3,(H,27,30);6-8,10,21H,9H2,1-5H3;4-6,8,23H,7H2,1-3H3;2-4,6,15H,5H2,1H3;2-6H,10H2,1H3;1-2H3;2*1H4/t17-;;;;6-;;;/m0...0.../s1. The minimum atomic E-state index is -0.538. The number of aliphatic hydroxyl groups is 4. The number of pyridine rings is 4. The molecule has 0 bridgehead atoms. The monoisotopic (exact) mass is 1690 g/mol. The van der Waals surface area contributed by atoms with E-state index in [2.05, 4.69) is 91.7 Å². The van der Waals surface area contributed by atoms with Gasteiger partial charge in [0.25, 0.3) is 0 Å². The molecule has 14 rings (SSSR count). The van der Waals surface area contributed by atoms with E-state index in [4.69, 9.17) is 49.8 Å². The molecule has 606 valence electrons. The van der Waals surface area contributed by atoms with Crippen LogP contribution < -0.4 is 16.6 Å². The molecule has 33 heteroatoms. The Morgan fingerprint density at radius 3 is 1.15 bits per heavy atom. The molecule has 0 aliphatic carbocycles. The zero-order valence-corrected chi connectivity index (χ0v) is 69.3. The van der Waals surface area contributed by atoms with Crippen molar-refractivity contribution in [2.45, 2.75) is 175 Å². The maximum atomic E-state index is 13.2. The Bertz CT molecular complexity index is 5380. The average Bonchev–Trinajstić information content (AvgIpc) is 1.75. The van der Waals surface area contributed by atoms with Crippen LogP contribution in [0.25, 0.3) is 45.5 Å². The molecule has 0 unspecified atom stereocenters. The highest BCUT2D eigenvalue weighted by Crippen LogP contribution is 2.37. The quantitative estimate of drug-likeness (QED) is 0.0410. The Kier molecular flexibility index (Phi) is 32.8. The van der Waals surface area contributed by atoms with Crippen molar-refractivity contribution in [2.24, 2.45) is 5.73 Å². The molecule has 1 fully saturated rings. The van der Waals surface area contributed by atoms with Crippen LogP contribution in [0.3, 0.4) is 0 Å². The van der Waals surface area contributed by atoms with Crippen LogP contribution in [-0.4, -0.2) is 127 Å². The van der Waals surface area contributed by atoms with Crippen molar-refractivity contribution in [1.29, 1.82) is 0 Å². The number of nitrogens with one attached hydrogen (secondary N) is 1. The van der Waals surface area contributed by atoms with Crippen LogP contribution in [0.4, 0.5) is 14.6 Å². The number of benzene rings is 2. The Hall–Kier alpha value is -10.1. The zero-order valence-electron chi connectivity index (χ0n) is 65.4. The van der Waals surface area contributed by atoms with Gasteiger partial charge in [0.2, 0.25) is 0 Å². The Morgan fingerprint density at radius 2 is 0.774 bits per heavy atom. The molecule has 2 aromatic carbocycles. The second-order valence-corrected chi connectivity index (χ2v) is 29.4. The van der Waals surface area contributed by atoms with Crippen LogP contribution in [0, 0.1) is 80.9 Å². The fourth-order valence-corrected chi connectivity index (χ4v) is 12.0. The van der Waals surface area contributed by atoms with Gasteiger partial charge in [0.15, 0.2) is 21.3 Å². The largest absolute Gasteiger partial charge is 0.514 e. The van der Waals surface area contributed by atoms with E-state index in [9.17, 15) is 29.2 Å². The Morgan fingerprint density at radius 1 is 0.443 bits per heavy atom. The van der Waals surface area contributed by atoms with Gasteiger partial charge in [-0.05, 0) is 244 Å². The molecule has 1 aliphatic heterocycles. The van der Waals surface area contributed by atoms with E-state index in [1.807, 2.05) is 202 Å². The molecule has 13 aromatic rings. The first-order valence-electron chi connectivity index (χ1n) is 35.6. The van der Waals surface area contributed by atoms with Gasteiger partial charge in [0.1, 0.15) is 27.6 Å². The highest BCUT2D eigenvalue weighted by Gasteiger charge is 2.52. The summed E-state index contributed by atoms with van der Waals surface area (Å²) in [7, 11) is -0.538. The van der Waals surface area contributed by atoms with Gasteiger partial charge >= 0.3 is 7.12 Å². The summed E-state index contributed by atoms with van der Waals surface area (Å²) >= 11 is 20.6. The van der Waals surface area contributed by atoms with Crippen LogP contribution in [-0.2, 0) is 35.7 Å². The van der Waals surface area contributed by atoms with Crippen molar-refractivity contribution in [1.82, 2.24) is 88.7 Å². The summed E-state index contributed by atoms with van der Waals surface area (Å²) in [5, 5.41) is 67.2. The van der Waals surface area contributed by atoms with Crippen LogP contribution in [0.15, 0.2) is 152 Å². The van der Waals surface area contributed by atoms with Crippen molar-refractivity contribution in [3.05, 3.63) is 269 Å². The van der Waals surface area contributed by atoms with Gasteiger partial charge in [0, 0.05) is 30.8 Å². The summed E-state index contributed by atoms with van der Waals surface area (Å²) < 4.78 is 45.6. The maximum Gasteiger partial charge on any atom is 0.514 e. The number of hydrogen-bond acceptors (Lipinski definition) is 22. The zero-order chi connectivity index (χ0) is 82.3. The first-order chi connectivity index (χ1) is 53.6. The molecular weight excluding hydrogens is 1600 g/mol. The van der Waals surface area contributed by atoms with E-state index < -0.39 is 18.3 Å². The number of aryl methyl sites for hydroxylation is 4. The van der Waals surface area contributed by atoms with Crippen molar-refractivity contribution in [3.8, 4) is 45.5 Å². The molecule has 0 spiro atoms. The summed E-state index contributed by atoms with van der Waals surface area (Å²) in [6, 6.07) is 27.5. The van der Waals surface area contributed by atoms with E-state index in [-0.39, 0.29) is 65.0 Å². The molecule has 11 aromatic heterocycles. The normalized spacial score (nSPS) is 12.8. The number of halogens is 6. The van der Waals surface area contributed by atoms with Crippen LogP contribution >= 0.6 is 50.7 Å². The third-order valence-corrected chi connectivity index (χ3v) is 20.4. The van der Waals surface area contributed by atoms with E-state index in [0.29, 0.717) is 77.0 Å². The molecular formula is C82H97BBrCl3F2N20O6. The Balaban J connectivity index is 0.000000199. The van der Waals surface area contributed by atoms with Crippen LogP contribution in [0.1, 0.15) is 159 Å². The van der Waals surface area contributed by atoms with Crippen molar-refractivity contribution in [3.63, 3.8) is 0 Å². The first kappa shape index (κ1) is 92.1. The van der Waals surface area contributed by atoms with E-state index in [1.54, 1.807) is 49.6 Å². The minimum absolute atomic E-state index is 0. The summed E-state index contributed by atoms with van der Waals surface area (Å²) in [5.41, 5.74) is 24.5. The first-order valence-corrected chi connectivity index (χ1v) is 37.6. The van der Waals surface area contributed by atoms with E-state index >= 15 is 0 Å². The van der Waals surface area contributed by atoms with Gasteiger partial charge in [-0.2, -0.15) is 0 Å². The number of aliphatic hydroxyl groups excluding tert-OH is 4. The van der Waals surface area contributed by atoms with Gasteiger partial charge in [-0.3, -0.25) is 4.98 Å². The summed E-state index contributed by atoms with van der Waals surface area (Å²) in [6.45, 7) is 30.4. The fraction of sp³-hybridized carbons (Fsp3) is 0.317. The van der Waals surface area contributed by atoms with Crippen LogP contribution in [0.5, 0.6) is 0 Å². The highest BCUT2D eigenvalue weighted by molar-refractivity contribution is 9.10. The lowest BCUT2D eigenvalue weighted by Gasteiger charge is -2.32. The highest BCUT2D eigenvalue weighted by atomic mass is 79.9. The van der Waals surface area contributed by atoms with Crippen molar-refractivity contribution >= 4 is 69.3 Å². The third kappa shape index (κ3) is 23.2. The van der Waals surface area contributed by atoms with Gasteiger partial charge in [-0.15, -0.1) is 30.6 Å². The molecule has 0 saturated carbocycles. The number of aromatic nitrogens is 18. The van der Waals surface area contributed by atoms with Crippen LogP contribution in [0.2, 0.25) is 15.5 Å². The number of nitrogens with zero attached hydrogens (tertiary/aromatic N) is 18. The van der Waals surface area contributed by atoms with E-state index in [0.717, 1.165) is 90.0 Å². The number of rotatable bonds is 15. The number of hydrogen-bond donors (Lipinski definition) is 6. The molecule has 0 radical (unpaired) electrons. The van der Waals surface area contributed by atoms with Gasteiger partial charge in [-0.25, -0.2) is 43.7 Å². The summed E-state index contributed by atoms with van der Waals surface area (Å²) in [4.78, 5) is 34.7. The van der Waals surface area contributed by atoms with Crippen molar-refractivity contribution < 1.29 is 38.5 Å². The molecule has 115 heavy (non-hydrogen) atoms. The SMILES string of the molecule is C.C.C[C@H](N)c1ccc(F)cc1.Cc1c(Cl)nnc(Cl)c1C.Cc1cn(-c2ccc(-c3nnc(Cl)c(C)c3C)nc2CO)cn1.Cc1cn(-c2ccc(-c3nnc(N[C@@H](C)c4ccc(F)cc4)c(C)c3C)nc2CO)cn1.Cc1cn(-c2ccc(B3OC(C)(C)C(C)(C)O3)nc2CO)cn1.Cc1cn(-c2ccc(Br)nc2CO)cn1. The van der Waals surface area contributed by atoms with Gasteiger partial charge < -0.3 is 59.1 Å².